The van der Waals surface area contributed by atoms with Crippen molar-refractivity contribution >= 4 is 22.8 Å². The molecular formula is C14H14N2O4. The molecule has 2 N–H and O–H groups in total. The van der Waals surface area contributed by atoms with Gasteiger partial charge in [-0.1, -0.05) is 12.1 Å². The summed E-state index contributed by atoms with van der Waals surface area (Å²) in [6.07, 6.45) is 0.830. The van der Waals surface area contributed by atoms with Crippen molar-refractivity contribution in [2.45, 2.75) is 6.10 Å². The second-order valence-corrected chi connectivity index (χ2v) is 4.70. The molecule has 1 saturated heterocycles. The van der Waals surface area contributed by atoms with Crippen LogP contribution in [-0.4, -0.2) is 52.7 Å². The number of H-pyrrole nitrogens is 1. The lowest BCUT2D eigenvalue weighted by Gasteiger charge is -2.31. The van der Waals surface area contributed by atoms with Crippen LogP contribution in [0.4, 0.5) is 0 Å². The van der Waals surface area contributed by atoms with Gasteiger partial charge in [0.1, 0.15) is 0 Å². The smallest absolute Gasteiger partial charge is 0.334 e. The van der Waals surface area contributed by atoms with E-state index in [1.807, 2.05) is 18.2 Å². The molecule has 0 radical (unpaired) electrons. The molecule has 6 heteroatoms. The van der Waals surface area contributed by atoms with Gasteiger partial charge in [-0.3, -0.25) is 4.79 Å². The van der Waals surface area contributed by atoms with Crippen molar-refractivity contribution in [2.24, 2.45) is 0 Å². The van der Waals surface area contributed by atoms with E-state index in [4.69, 9.17) is 9.84 Å². The number of aromatic nitrogens is 1. The van der Waals surface area contributed by atoms with Gasteiger partial charge in [-0.2, -0.15) is 0 Å². The Morgan fingerprint density at radius 3 is 3.00 bits per heavy atom. The molecule has 1 aliphatic rings. The number of ether oxygens (including phenoxy) is 1. The maximum Gasteiger partial charge on any atom is 0.334 e. The zero-order valence-electron chi connectivity index (χ0n) is 10.7. The molecule has 104 valence electrons. The highest BCUT2D eigenvalue weighted by atomic mass is 16.5. The summed E-state index contributed by atoms with van der Waals surface area (Å²) in [6, 6.07) is 7.37. The first-order chi connectivity index (χ1) is 9.66. The second-order valence-electron chi connectivity index (χ2n) is 4.70. The van der Waals surface area contributed by atoms with Crippen LogP contribution in [0.5, 0.6) is 0 Å². The van der Waals surface area contributed by atoms with E-state index in [-0.39, 0.29) is 19.1 Å². The van der Waals surface area contributed by atoms with Crippen molar-refractivity contribution in [1.29, 1.82) is 0 Å². The summed E-state index contributed by atoms with van der Waals surface area (Å²) in [6.45, 7) is 0.717. The molecule has 0 aliphatic carbocycles. The standard InChI is InChI=1S/C14H14N2O4/c17-13(16-6-7-20-11(8-16)14(18)19)10-3-1-2-9-4-5-15-12(9)10/h1-5,11,15H,6-8H2,(H,18,19)/t11-/m1/s1. The molecule has 2 heterocycles. The van der Waals surface area contributed by atoms with Gasteiger partial charge in [0.15, 0.2) is 6.10 Å². The van der Waals surface area contributed by atoms with Crippen LogP contribution in [0.25, 0.3) is 10.9 Å². The molecule has 0 unspecified atom stereocenters. The minimum atomic E-state index is -1.04. The summed E-state index contributed by atoms with van der Waals surface area (Å²) in [7, 11) is 0. The number of nitrogens with one attached hydrogen (secondary N) is 1. The van der Waals surface area contributed by atoms with Crippen LogP contribution >= 0.6 is 0 Å². The van der Waals surface area contributed by atoms with Gasteiger partial charge < -0.3 is 19.7 Å². The number of hydrogen-bond acceptors (Lipinski definition) is 3. The lowest BCUT2D eigenvalue weighted by atomic mass is 10.1. The lowest BCUT2D eigenvalue weighted by molar-refractivity contribution is -0.154. The summed E-state index contributed by atoms with van der Waals surface area (Å²) in [5.41, 5.74) is 1.33. The zero-order chi connectivity index (χ0) is 14.1. The molecule has 2 aromatic rings. The van der Waals surface area contributed by atoms with Crippen LogP contribution in [-0.2, 0) is 9.53 Å². The Kier molecular flexibility index (Phi) is 3.15. The fourth-order valence-corrected chi connectivity index (χ4v) is 2.42. The Balaban J connectivity index is 1.88. The quantitative estimate of drug-likeness (QED) is 0.859. The molecular weight excluding hydrogens is 260 g/mol. The summed E-state index contributed by atoms with van der Waals surface area (Å²) < 4.78 is 5.13. The third-order valence-electron chi connectivity index (χ3n) is 3.45. The first kappa shape index (κ1) is 12.7. The van der Waals surface area contributed by atoms with Crippen molar-refractivity contribution in [3.05, 3.63) is 36.0 Å². The van der Waals surface area contributed by atoms with Gasteiger partial charge in [-0.15, -0.1) is 0 Å². The number of morpholine rings is 1. The molecule has 0 saturated carbocycles. The number of para-hydroxylation sites is 1. The van der Waals surface area contributed by atoms with Crippen molar-refractivity contribution in [3.63, 3.8) is 0 Å². The highest BCUT2D eigenvalue weighted by Crippen LogP contribution is 2.19. The summed E-state index contributed by atoms with van der Waals surface area (Å²) in [4.78, 5) is 28.1. The van der Waals surface area contributed by atoms with Crippen LogP contribution in [0.1, 0.15) is 10.4 Å². The van der Waals surface area contributed by atoms with Crippen molar-refractivity contribution in [2.75, 3.05) is 19.7 Å². The minimum absolute atomic E-state index is 0.0747. The molecule has 1 fully saturated rings. The van der Waals surface area contributed by atoms with Gasteiger partial charge >= 0.3 is 5.97 Å². The largest absolute Gasteiger partial charge is 0.479 e. The summed E-state index contributed by atoms with van der Waals surface area (Å²) in [5, 5.41) is 9.94. The summed E-state index contributed by atoms with van der Waals surface area (Å²) >= 11 is 0. The third kappa shape index (κ3) is 2.14. The molecule has 1 aliphatic heterocycles. The van der Waals surface area contributed by atoms with Crippen LogP contribution in [0.3, 0.4) is 0 Å². The number of amides is 1. The molecule has 1 aromatic heterocycles. The van der Waals surface area contributed by atoms with E-state index in [1.165, 1.54) is 4.90 Å². The number of rotatable bonds is 2. The van der Waals surface area contributed by atoms with E-state index in [1.54, 1.807) is 12.3 Å². The number of carbonyl (C=O) groups is 2. The van der Waals surface area contributed by atoms with E-state index in [2.05, 4.69) is 4.98 Å². The Morgan fingerprint density at radius 2 is 2.20 bits per heavy atom. The van der Waals surface area contributed by atoms with Gasteiger partial charge in [-0.25, -0.2) is 4.79 Å². The van der Waals surface area contributed by atoms with E-state index in [0.717, 1.165) is 10.9 Å². The Labute approximate surface area is 114 Å². The monoisotopic (exact) mass is 274 g/mol. The van der Waals surface area contributed by atoms with Gasteiger partial charge in [0, 0.05) is 18.1 Å². The lowest BCUT2D eigenvalue weighted by Crippen LogP contribution is -2.48. The fourth-order valence-electron chi connectivity index (χ4n) is 2.42. The average molecular weight is 274 g/mol. The van der Waals surface area contributed by atoms with Gasteiger partial charge in [0.2, 0.25) is 0 Å². The average Bonchev–Trinajstić information content (AvgIpc) is 2.95. The van der Waals surface area contributed by atoms with Crippen molar-refractivity contribution in [3.8, 4) is 0 Å². The fraction of sp³-hybridized carbons (Fsp3) is 0.286. The molecule has 6 nitrogen and oxygen atoms in total. The second kappa shape index (κ2) is 4.97. The highest BCUT2D eigenvalue weighted by molar-refractivity contribution is 6.05. The maximum absolute atomic E-state index is 12.5. The zero-order valence-corrected chi connectivity index (χ0v) is 10.7. The number of carboxylic acids is 1. The Bertz CT molecular complexity index is 664. The van der Waals surface area contributed by atoms with Gasteiger partial charge in [0.05, 0.1) is 24.2 Å². The van der Waals surface area contributed by atoms with Crippen LogP contribution in [0, 0.1) is 0 Å². The first-order valence-electron chi connectivity index (χ1n) is 6.36. The molecule has 0 spiro atoms. The van der Waals surface area contributed by atoms with Crippen molar-refractivity contribution < 1.29 is 19.4 Å². The Hall–Kier alpha value is -2.34. The molecule has 1 amide bonds. The van der Waals surface area contributed by atoms with Crippen LogP contribution in [0.2, 0.25) is 0 Å². The van der Waals surface area contributed by atoms with E-state index in [0.29, 0.717) is 12.1 Å². The van der Waals surface area contributed by atoms with Gasteiger partial charge in [-0.05, 0) is 12.1 Å². The number of benzene rings is 1. The number of aliphatic carboxylic acids is 1. The molecule has 1 atom stereocenters. The normalized spacial score (nSPS) is 19.2. The van der Waals surface area contributed by atoms with Gasteiger partial charge in [0.25, 0.3) is 5.91 Å². The highest BCUT2D eigenvalue weighted by Gasteiger charge is 2.30. The number of carboxylic acid groups (broad SMARTS) is 1. The predicted molar refractivity (Wildman–Crippen MR) is 71.6 cm³/mol. The number of aromatic amines is 1. The van der Waals surface area contributed by atoms with Crippen LogP contribution < -0.4 is 0 Å². The SMILES string of the molecule is O=C(O)[C@H]1CN(C(=O)c2cccc3cc[nH]c23)CCO1. The molecule has 20 heavy (non-hydrogen) atoms. The number of carbonyl (C=O) groups excluding carboxylic acids is 1. The maximum atomic E-state index is 12.5. The molecule has 3 rings (SSSR count). The van der Waals surface area contributed by atoms with Crippen LogP contribution in [0.15, 0.2) is 30.5 Å². The Morgan fingerprint density at radius 1 is 1.35 bits per heavy atom. The summed E-state index contributed by atoms with van der Waals surface area (Å²) in [5.74, 6) is -1.21. The molecule has 0 bridgehead atoms. The number of fused-ring (bicyclic) bond motifs is 1. The van der Waals surface area contributed by atoms with Crippen molar-refractivity contribution in [1.82, 2.24) is 9.88 Å². The number of hydrogen-bond donors (Lipinski definition) is 2. The first-order valence-corrected chi connectivity index (χ1v) is 6.36. The topological polar surface area (TPSA) is 82.6 Å². The van der Waals surface area contributed by atoms with E-state index >= 15 is 0 Å². The molecule has 1 aromatic carbocycles. The number of nitrogens with zero attached hydrogens (tertiary/aromatic N) is 1. The minimum Gasteiger partial charge on any atom is -0.479 e. The third-order valence-corrected chi connectivity index (χ3v) is 3.45. The van der Waals surface area contributed by atoms with E-state index in [9.17, 15) is 9.59 Å². The predicted octanol–water partition coefficient (Wildman–Crippen LogP) is 1.09. The van der Waals surface area contributed by atoms with E-state index < -0.39 is 12.1 Å².